The monoisotopic (exact) mass is 215 g/mol. The summed E-state index contributed by atoms with van der Waals surface area (Å²) in [4.78, 5) is 0. The Kier molecular flexibility index (Phi) is 2.51. The second-order valence-electron chi connectivity index (χ2n) is 5.67. The van der Waals surface area contributed by atoms with Crippen molar-refractivity contribution in [3.8, 4) is 0 Å². The van der Waals surface area contributed by atoms with Crippen molar-refractivity contribution in [3.05, 3.63) is 34.9 Å². The predicted molar refractivity (Wildman–Crippen MR) is 67.8 cm³/mol. The van der Waals surface area contributed by atoms with Gasteiger partial charge in [-0.05, 0) is 56.6 Å². The summed E-state index contributed by atoms with van der Waals surface area (Å²) in [5.74, 6) is 0.804. The van der Waals surface area contributed by atoms with E-state index < -0.39 is 0 Å². The van der Waals surface area contributed by atoms with Crippen molar-refractivity contribution in [2.75, 3.05) is 0 Å². The van der Waals surface area contributed by atoms with Gasteiger partial charge in [-0.2, -0.15) is 0 Å². The molecule has 3 rings (SSSR count). The molecule has 2 atom stereocenters. The molecule has 2 heterocycles. The van der Waals surface area contributed by atoms with Gasteiger partial charge in [0.05, 0.1) is 0 Å². The number of aryl methyl sites for hydroxylation is 2. The van der Waals surface area contributed by atoms with Gasteiger partial charge in [-0.1, -0.05) is 23.8 Å². The van der Waals surface area contributed by atoms with Crippen molar-refractivity contribution in [1.29, 1.82) is 0 Å². The SMILES string of the molecule is Cc1ccc(C)c(C2CC3CCC(C2)N3)c1. The highest BCUT2D eigenvalue weighted by molar-refractivity contribution is 5.34. The average Bonchev–Trinajstić information content (AvgIpc) is 2.61. The highest BCUT2D eigenvalue weighted by Gasteiger charge is 2.34. The maximum absolute atomic E-state index is 3.72. The third-order valence-electron chi connectivity index (χ3n) is 4.35. The summed E-state index contributed by atoms with van der Waals surface area (Å²) < 4.78 is 0. The Bertz CT molecular complexity index is 384. The fourth-order valence-corrected chi connectivity index (χ4v) is 3.51. The molecule has 2 saturated heterocycles. The number of rotatable bonds is 1. The van der Waals surface area contributed by atoms with Crippen LogP contribution in [-0.2, 0) is 0 Å². The summed E-state index contributed by atoms with van der Waals surface area (Å²) in [6, 6.07) is 8.51. The lowest BCUT2D eigenvalue weighted by Gasteiger charge is -2.30. The molecule has 86 valence electrons. The number of fused-ring (bicyclic) bond motifs is 2. The molecule has 1 aromatic carbocycles. The van der Waals surface area contributed by atoms with Crippen molar-refractivity contribution >= 4 is 0 Å². The molecule has 0 radical (unpaired) electrons. The fraction of sp³-hybridized carbons (Fsp3) is 0.600. The Labute approximate surface area is 98.3 Å². The van der Waals surface area contributed by atoms with Crippen LogP contribution in [0.5, 0.6) is 0 Å². The molecule has 2 unspecified atom stereocenters. The minimum atomic E-state index is 0.795. The quantitative estimate of drug-likeness (QED) is 0.758. The van der Waals surface area contributed by atoms with Gasteiger partial charge in [-0.25, -0.2) is 0 Å². The van der Waals surface area contributed by atoms with Crippen molar-refractivity contribution in [3.63, 3.8) is 0 Å². The van der Waals surface area contributed by atoms with Crippen LogP contribution in [0.25, 0.3) is 0 Å². The van der Waals surface area contributed by atoms with Gasteiger partial charge in [0.1, 0.15) is 0 Å². The molecule has 1 N–H and O–H groups in total. The standard InChI is InChI=1S/C15H21N/c1-10-3-4-11(2)15(7-10)12-8-13-5-6-14(9-12)16-13/h3-4,7,12-14,16H,5-6,8-9H2,1-2H3. The van der Waals surface area contributed by atoms with Crippen LogP contribution in [0.1, 0.15) is 48.3 Å². The number of hydrogen-bond donors (Lipinski definition) is 1. The smallest absolute Gasteiger partial charge is 0.00760 e. The van der Waals surface area contributed by atoms with Crippen LogP contribution in [0, 0.1) is 13.8 Å². The Morgan fingerprint density at radius 3 is 2.44 bits per heavy atom. The van der Waals surface area contributed by atoms with E-state index in [2.05, 4.69) is 37.4 Å². The predicted octanol–water partition coefficient (Wildman–Crippen LogP) is 3.30. The van der Waals surface area contributed by atoms with Gasteiger partial charge in [0.25, 0.3) is 0 Å². The summed E-state index contributed by atoms with van der Waals surface area (Å²) in [5.41, 5.74) is 4.50. The highest BCUT2D eigenvalue weighted by Crippen LogP contribution is 2.38. The minimum absolute atomic E-state index is 0.795. The average molecular weight is 215 g/mol. The summed E-state index contributed by atoms with van der Waals surface area (Å²) in [7, 11) is 0. The first-order valence-corrected chi connectivity index (χ1v) is 6.55. The molecule has 0 saturated carbocycles. The largest absolute Gasteiger partial charge is 0.311 e. The van der Waals surface area contributed by atoms with Gasteiger partial charge in [0.2, 0.25) is 0 Å². The molecule has 2 fully saturated rings. The maximum Gasteiger partial charge on any atom is 0.00760 e. The van der Waals surface area contributed by atoms with E-state index in [0.717, 1.165) is 18.0 Å². The Hall–Kier alpha value is -0.820. The molecule has 0 spiro atoms. The van der Waals surface area contributed by atoms with Gasteiger partial charge in [0.15, 0.2) is 0 Å². The van der Waals surface area contributed by atoms with Crippen molar-refractivity contribution in [2.45, 2.75) is 57.5 Å². The van der Waals surface area contributed by atoms with E-state index >= 15 is 0 Å². The van der Waals surface area contributed by atoms with Crippen LogP contribution in [-0.4, -0.2) is 12.1 Å². The van der Waals surface area contributed by atoms with Crippen molar-refractivity contribution in [2.24, 2.45) is 0 Å². The molecule has 16 heavy (non-hydrogen) atoms. The van der Waals surface area contributed by atoms with E-state index in [1.54, 1.807) is 5.56 Å². The molecular formula is C15H21N. The molecule has 1 aromatic rings. The zero-order valence-corrected chi connectivity index (χ0v) is 10.3. The minimum Gasteiger partial charge on any atom is -0.311 e. The van der Waals surface area contributed by atoms with E-state index in [0.29, 0.717) is 0 Å². The van der Waals surface area contributed by atoms with Crippen LogP contribution < -0.4 is 5.32 Å². The molecule has 2 aliphatic heterocycles. The Morgan fingerprint density at radius 2 is 1.75 bits per heavy atom. The normalized spacial score (nSPS) is 33.0. The number of benzene rings is 1. The summed E-state index contributed by atoms with van der Waals surface area (Å²) in [5, 5.41) is 3.72. The van der Waals surface area contributed by atoms with Crippen molar-refractivity contribution in [1.82, 2.24) is 5.32 Å². The van der Waals surface area contributed by atoms with Crippen LogP contribution in [0.3, 0.4) is 0 Å². The number of hydrogen-bond acceptors (Lipinski definition) is 1. The molecule has 2 aliphatic rings. The second kappa shape index (κ2) is 3.89. The van der Waals surface area contributed by atoms with Crippen LogP contribution >= 0.6 is 0 Å². The van der Waals surface area contributed by atoms with Gasteiger partial charge in [-0.15, -0.1) is 0 Å². The molecule has 2 bridgehead atoms. The number of nitrogens with one attached hydrogen (secondary N) is 1. The van der Waals surface area contributed by atoms with Crippen LogP contribution in [0.4, 0.5) is 0 Å². The Balaban J connectivity index is 1.89. The second-order valence-corrected chi connectivity index (χ2v) is 5.67. The lowest BCUT2D eigenvalue weighted by atomic mass is 9.83. The van der Waals surface area contributed by atoms with Crippen molar-refractivity contribution < 1.29 is 0 Å². The van der Waals surface area contributed by atoms with E-state index in [1.807, 2.05) is 0 Å². The topological polar surface area (TPSA) is 12.0 Å². The molecule has 1 nitrogen and oxygen atoms in total. The third kappa shape index (κ3) is 1.78. The molecule has 0 aromatic heterocycles. The van der Waals surface area contributed by atoms with Gasteiger partial charge >= 0.3 is 0 Å². The lowest BCUT2D eigenvalue weighted by Crippen LogP contribution is -2.37. The first kappa shape index (κ1) is 10.3. The van der Waals surface area contributed by atoms with Crippen LogP contribution in [0.15, 0.2) is 18.2 Å². The Morgan fingerprint density at radius 1 is 1.06 bits per heavy atom. The zero-order valence-electron chi connectivity index (χ0n) is 10.3. The molecule has 0 aliphatic carbocycles. The number of piperidine rings is 1. The summed E-state index contributed by atoms with van der Waals surface area (Å²) >= 11 is 0. The molecule has 0 amide bonds. The van der Waals surface area contributed by atoms with Crippen LogP contribution in [0.2, 0.25) is 0 Å². The maximum atomic E-state index is 3.72. The fourth-order valence-electron chi connectivity index (χ4n) is 3.51. The van der Waals surface area contributed by atoms with E-state index in [9.17, 15) is 0 Å². The van der Waals surface area contributed by atoms with Gasteiger partial charge in [0, 0.05) is 12.1 Å². The first-order valence-electron chi connectivity index (χ1n) is 6.55. The molecule has 1 heteroatoms. The summed E-state index contributed by atoms with van der Waals surface area (Å²) in [6.07, 6.45) is 5.49. The lowest BCUT2D eigenvalue weighted by molar-refractivity contribution is 0.362. The zero-order chi connectivity index (χ0) is 11.1. The van der Waals surface area contributed by atoms with E-state index in [4.69, 9.17) is 0 Å². The van der Waals surface area contributed by atoms with Gasteiger partial charge < -0.3 is 5.32 Å². The third-order valence-corrected chi connectivity index (χ3v) is 4.35. The van der Waals surface area contributed by atoms with E-state index in [-0.39, 0.29) is 0 Å². The first-order chi connectivity index (χ1) is 7.72. The van der Waals surface area contributed by atoms with E-state index in [1.165, 1.54) is 36.8 Å². The highest BCUT2D eigenvalue weighted by atomic mass is 15.0. The summed E-state index contributed by atoms with van der Waals surface area (Å²) in [6.45, 7) is 4.47. The molecular weight excluding hydrogens is 194 g/mol. The van der Waals surface area contributed by atoms with Gasteiger partial charge in [-0.3, -0.25) is 0 Å².